The normalized spacial score (nSPS) is 10.7. The Bertz CT molecular complexity index is 318. The molecule has 0 heterocycles. The number of benzene rings is 1. The molecule has 0 aliphatic carbocycles. The van der Waals surface area contributed by atoms with E-state index in [1.54, 1.807) is 6.07 Å². The molecule has 3 nitrogen and oxygen atoms in total. The first kappa shape index (κ1) is 11.9. The summed E-state index contributed by atoms with van der Waals surface area (Å²) in [5.41, 5.74) is 0.642. The number of halogens is 2. The van der Waals surface area contributed by atoms with Gasteiger partial charge in [0, 0.05) is 0 Å². The van der Waals surface area contributed by atoms with Crippen LogP contribution in [0.2, 0.25) is 0 Å². The van der Waals surface area contributed by atoms with Crippen LogP contribution in [0.5, 0.6) is 5.75 Å². The number of ether oxygens (including phenoxy) is 1. The Morgan fingerprint density at radius 3 is 2.67 bits per heavy atom. The predicted octanol–water partition coefficient (Wildman–Crippen LogP) is 2.07. The van der Waals surface area contributed by atoms with E-state index in [1.165, 1.54) is 19.2 Å². The SMILES string of the molecule is COc1ccc(CCON)cc1C(F)F. The molecule has 0 unspecified atom stereocenters. The number of alkyl halides is 2. The smallest absolute Gasteiger partial charge is 0.267 e. The average molecular weight is 217 g/mol. The summed E-state index contributed by atoms with van der Waals surface area (Å²) in [6.07, 6.45) is -2.04. The summed E-state index contributed by atoms with van der Waals surface area (Å²) in [4.78, 5) is 4.38. The molecule has 0 aliphatic rings. The van der Waals surface area contributed by atoms with Gasteiger partial charge in [-0.15, -0.1) is 0 Å². The van der Waals surface area contributed by atoms with E-state index in [0.717, 1.165) is 5.56 Å². The molecule has 1 aromatic carbocycles. The van der Waals surface area contributed by atoms with Crippen LogP contribution in [-0.2, 0) is 11.3 Å². The Labute approximate surface area is 86.7 Å². The monoisotopic (exact) mass is 217 g/mol. The highest BCUT2D eigenvalue weighted by molar-refractivity contribution is 5.38. The maximum absolute atomic E-state index is 12.6. The first-order valence-electron chi connectivity index (χ1n) is 4.45. The minimum atomic E-state index is -2.54. The fraction of sp³-hybridized carbons (Fsp3) is 0.400. The van der Waals surface area contributed by atoms with Crippen LogP contribution >= 0.6 is 0 Å². The molecular weight excluding hydrogens is 204 g/mol. The average Bonchev–Trinajstić information content (AvgIpc) is 2.25. The zero-order valence-corrected chi connectivity index (χ0v) is 8.37. The molecule has 0 aliphatic heterocycles. The summed E-state index contributed by atoms with van der Waals surface area (Å²) in [6, 6.07) is 4.64. The molecule has 0 spiro atoms. The number of nitrogens with two attached hydrogens (primary N) is 1. The van der Waals surface area contributed by atoms with Gasteiger partial charge in [-0.25, -0.2) is 14.7 Å². The van der Waals surface area contributed by atoms with Crippen molar-refractivity contribution >= 4 is 0 Å². The lowest BCUT2D eigenvalue weighted by Crippen LogP contribution is -2.04. The van der Waals surface area contributed by atoms with Gasteiger partial charge in [0.05, 0.1) is 19.3 Å². The number of hydrogen-bond donors (Lipinski definition) is 1. The molecule has 1 rings (SSSR count). The van der Waals surface area contributed by atoms with Crippen LogP contribution in [0.3, 0.4) is 0 Å². The molecular formula is C10H13F2NO2. The Kier molecular flexibility index (Phi) is 4.45. The van der Waals surface area contributed by atoms with Gasteiger partial charge in [0.25, 0.3) is 6.43 Å². The molecule has 1 aromatic rings. The summed E-state index contributed by atoms with van der Waals surface area (Å²) in [5.74, 6) is 5.05. The van der Waals surface area contributed by atoms with Gasteiger partial charge in [-0.2, -0.15) is 0 Å². The van der Waals surface area contributed by atoms with Crippen LogP contribution in [0.1, 0.15) is 17.6 Å². The Hall–Kier alpha value is -1.20. The Balaban J connectivity index is 2.89. The van der Waals surface area contributed by atoms with Crippen LogP contribution < -0.4 is 10.6 Å². The third-order valence-corrected chi connectivity index (χ3v) is 2.04. The van der Waals surface area contributed by atoms with Gasteiger partial charge >= 0.3 is 0 Å². The van der Waals surface area contributed by atoms with Crippen LogP contribution in [0.4, 0.5) is 8.78 Å². The number of methoxy groups -OCH3 is 1. The van der Waals surface area contributed by atoms with Crippen molar-refractivity contribution in [2.45, 2.75) is 12.8 Å². The highest BCUT2D eigenvalue weighted by Gasteiger charge is 2.14. The molecule has 2 N–H and O–H groups in total. The fourth-order valence-corrected chi connectivity index (χ4v) is 1.29. The second-order valence-corrected chi connectivity index (χ2v) is 3.00. The number of hydrogen-bond acceptors (Lipinski definition) is 3. The summed E-state index contributed by atoms with van der Waals surface area (Å²) < 4.78 is 30.0. The first-order valence-corrected chi connectivity index (χ1v) is 4.45. The van der Waals surface area contributed by atoms with Crippen molar-refractivity contribution in [2.24, 2.45) is 5.90 Å². The van der Waals surface area contributed by atoms with Crippen molar-refractivity contribution in [2.75, 3.05) is 13.7 Å². The lowest BCUT2D eigenvalue weighted by Gasteiger charge is -2.09. The number of rotatable bonds is 5. The Morgan fingerprint density at radius 2 is 2.13 bits per heavy atom. The summed E-state index contributed by atoms with van der Waals surface area (Å²) in [6.45, 7) is 0.301. The summed E-state index contributed by atoms with van der Waals surface area (Å²) in [5, 5.41) is 0. The third kappa shape index (κ3) is 3.14. The van der Waals surface area contributed by atoms with Gasteiger partial charge < -0.3 is 9.57 Å². The topological polar surface area (TPSA) is 44.5 Å². The molecule has 0 saturated carbocycles. The highest BCUT2D eigenvalue weighted by Crippen LogP contribution is 2.29. The molecule has 0 aromatic heterocycles. The van der Waals surface area contributed by atoms with E-state index in [9.17, 15) is 8.78 Å². The first-order chi connectivity index (χ1) is 7.19. The van der Waals surface area contributed by atoms with Gasteiger partial charge in [-0.3, -0.25) is 0 Å². The van der Waals surface area contributed by atoms with Gasteiger partial charge in [-0.1, -0.05) is 6.07 Å². The standard InChI is InChI=1S/C10H13F2NO2/c1-14-9-3-2-7(4-5-15-13)6-8(9)10(11)12/h2-3,6,10H,4-5,13H2,1H3. The molecule has 15 heavy (non-hydrogen) atoms. The fourth-order valence-electron chi connectivity index (χ4n) is 1.29. The molecule has 0 amide bonds. The maximum atomic E-state index is 12.6. The van der Waals surface area contributed by atoms with Gasteiger partial charge in [0.2, 0.25) is 0 Å². The van der Waals surface area contributed by atoms with Crippen LogP contribution in [0.25, 0.3) is 0 Å². The minimum Gasteiger partial charge on any atom is -0.496 e. The molecule has 0 fully saturated rings. The molecule has 0 atom stereocenters. The zero-order chi connectivity index (χ0) is 11.3. The van der Waals surface area contributed by atoms with Crippen molar-refractivity contribution in [1.29, 1.82) is 0 Å². The summed E-state index contributed by atoms with van der Waals surface area (Å²) in [7, 11) is 1.36. The van der Waals surface area contributed by atoms with E-state index >= 15 is 0 Å². The molecule has 0 radical (unpaired) electrons. The highest BCUT2D eigenvalue weighted by atomic mass is 19.3. The van der Waals surface area contributed by atoms with Crippen LogP contribution in [0, 0.1) is 0 Å². The van der Waals surface area contributed by atoms with Gasteiger partial charge in [0.15, 0.2) is 0 Å². The second kappa shape index (κ2) is 5.63. The lowest BCUT2D eigenvalue weighted by molar-refractivity contribution is 0.140. The largest absolute Gasteiger partial charge is 0.496 e. The molecule has 0 saturated heterocycles. The van der Waals surface area contributed by atoms with Crippen molar-refractivity contribution in [1.82, 2.24) is 0 Å². The second-order valence-electron chi connectivity index (χ2n) is 3.00. The van der Waals surface area contributed by atoms with E-state index in [0.29, 0.717) is 13.0 Å². The zero-order valence-electron chi connectivity index (χ0n) is 8.37. The van der Waals surface area contributed by atoms with E-state index in [1.807, 2.05) is 0 Å². The quantitative estimate of drug-likeness (QED) is 0.768. The molecule has 5 heteroatoms. The summed E-state index contributed by atoms with van der Waals surface area (Å²) >= 11 is 0. The molecule has 0 bridgehead atoms. The lowest BCUT2D eigenvalue weighted by atomic mass is 10.1. The van der Waals surface area contributed by atoms with E-state index in [-0.39, 0.29) is 11.3 Å². The van der Waals surface area contributed by atoms with Crippen LogP contribution in [-0.4, -0.2) is 13.7 Å². The predicted molar refractivity (Wildman–Crippen MR) is 51.8 cm³/mol. The van der Waals surface area contributed by atoms with Crippen LogP contribution in [0.15, 0.2) is 18.2 Å². The Morgan fingerprint density at radius 1 is 1.40 bits per heavy atom. The van der Waals surface area contributed by atoms with Crippen molar-refractivity contribution in [3.05, 3.63) is 29.3 Å². The van der Waals surface area contributed by atoms with Crippen molar-refractivity contribution < 1.29 is 18.4 Å². The van der Waals surface area contributed by atoms with Crippen molar-refractivity contribution in [3.63, 3.8) is 0 Å². The van der Waals surface area contributed by atoms with Crippen molar-refractivity contribution in [3.8, 4) is 5.75 Å². The maximum Gasteiger partial charge on any atom is 0.267 e. The minimum absolute atomic E-state index is 0.105. The van der Waals surface area contributed by atoms with E-state index in [2.05, 4.69) is 4.84 Å². The van der Waals surface area contributed by atoms with E-state index in [4.69, 9.17) is 10.6 Å². The molecule has 84 valence electrons. The van der Waals surface area contributed by atoms with E-state index < -0.39 is 6.43 Å². The van der Waals surface area contributed by atoms with Gasteiger partial charge in [0.1, 0.15) is 5.75 Å². The third-order valence-electron chi connectivity index (χ3n) is 2.04. The van der Waals surface area contributed by atoms with Gasteiger partial charge in [-0.05, 0) is 24.1 Å².